The first-order valence-corrected chi connectivity index (χ1v) is 5.64. The van der Waals surface area contributed by atoms with Crippen LogP contribution in [0.5, 0.6) is 0 Å². The van der Waals surface area contributed by atoms with E-state index in [0.717, 1.165) is 5.56 Å². The molecule has 0 saturated carbocycles. The Morgan fingerprint density at radius 1 is 1.59 bits per heavy atom. The van der Waals surface area contributed by atoms with Gasteiger partial charge in [-0.15, -0.1) is 0 Å². The smallest absolute Gasteiger partial charge is 0.320 e. The molecule has 1 rings (SSSR count). The lowest BCUT2D eigenvalue weighted by molar-refractivity contribution is -0.144. The SMILES string of the molecule is CCOC(=O)CN(CCO)Cc1cccnc1. The fraction of sp³-hybridized carbons (Fsp3) is 0.500. The van der Waals surface area contributed by atoms with Gasteiger partial charge >= 0.3 is 5.97 Å². The van der Waals surface area contributed by atoms with Crippen molar-refractivity contribution in [2.45, 2.75) is 13.5 Å². The average Bonchev–Trinajstić information content (AvgIpc) is 2.31. The third kappa shape index (κ3) is 5.42. The summed E-state index contributed by atoms with van der Waals surface area (Å²) < 4.78 is 4.88. The molecule has 0 spiro atoms. The van der Waals surface area contributed by atoms with Gasteiger partial charge in [-0.05, 0) is 18.6 Å². The third-order valence-corrected chi connectivity index (χ3v) is 2.20. The van der Waals surface area contributed by atoms with Gasteiger partial charge in [0.25, 0.3) is 0 Å². The number of hydrogen-bond acceptors (Lipinski definition) is 5. The van der Waals surface area contributed by atoms with E-state index in [4.69, 9.17) is 9.84 Å². The average molecular weight is 238 g/mol. The lowest BCUT2D eigenvalue weighted by atomic mass is 10.2. The van der Waals surface area contributed by atoms with Crippen molar-refractivity contribution in [3.8, 4) is 0 Å². The van der Waals surface area contributed by atoms with Crippen LogP contribution in [0.2, 0.25) is 0 Å². The maximum atomic E-state index is 11.4. The van der Waals surface area contributed by atoms with Crippen molar-refractivity contribution >= 4 is 5.97 Å². The lowest BCUT2D eigenvalue weighted by Crippen LogP contribution is -2.33. The summed E-state index contributed by atoms with van der Waals surface area (Å²) in [5.41, 5.74) is 1.00. The summed E-state index contributed by atoms with van der Waals surface area (Å²) in [6.07, 6.45) is 3.45. The Balaban J connectivity index is 2.51. The number of hydrogen-bond donors (Lipinski definition) is 1. The monoisotopic (exact) mass is 238 g/mol. The van der Waals surface area contributed by atoms with Gasteiger partial charge in [-0.25, -0.2) is 0 Å². The molecule has 17 heavy (non-hydrogen) atoms. The molecule has 0 saturated heterocycles. The van der Waals surface area contributed by atoms with E-state index in [1.165, 1.54) is 0 Å². The Kier molecular flexibility index (Phi) is 6.21. The first kappa shape index (κ1) is 13.6. The molecule has 0 aliphatic rings. The molecule has 5 heteroatoms. The topological polar surface area (TPSA) is 62.7 Å². The Morgan fingerprint density at radius 3 is 3.00 bits per heavy atom. The zero-order chi connectivity index (χ0) is 12.5. The quantitative estimate of drug-likeness (QED) is 0.698. The van der Waals surface area contributed by atoms with E-state index in [2.05, 4.69) is 4.98 Å². The minimum Gasteiger partial charge on any atom is -0.465 e. The normalized spacial score (nSPS) is 10.5. The number of aromatic nitrogens is 1. The van der Waals surface area contributed by atoms with Crippen LogP contribution in [-0.4, -0.2) is 47.3 Å². The molecule has 1 heterocycles. The van der Waals surface area contributed by atoms with E-state index in [1.54, 1.807) is 19.3 Å². The van der Waals surface area contributed by atoms with Gasteiger partial charge in [0, 0.05) is 25.5 Å². The number of carbonyl (C=O) groups is 1. The molecule has 0 bridgehead atoms. The summed E-state index contributed by atoms with van der Waals surface area (Å²) in [5, 5.41) is 8.95. The van der Waals surface area contributed by atoms with Gasteiger partial charge in [0.1, 0.15) is 0 Å². The van der Waals surface area contributed by atoms with E-state index < -0.39 is 0 Å². The fourth-order valence-electron chi connectivity index (χ4n) is 1.49. The van der Waals surface area contributed by atoms with E-state index in [0.29, 0.717) is 19.7 Å². The molecule has 0 amide bonds. The van der Waals surface area contributed by atoms with E-state index in [1.807, 2.05) is 17.0 Å². The minimum atomic E-state index is -0.273. The van der Waals surface area contributed by atoms with Crippen LogP contribution >= 0.6 is 0 Å². The van der Waals surface area contributed by atoms with Crippen molar-refractivity contribution in [3.05, 3.63) is 30.1 Å². The van der Waals surface area contributed by atoms with Crippen LogP contribution in [0.3, 0.4) is 0 Å². The number of nitrogens with zero attached hydrogens (tertiary/aromatic N) is 2. The highest BCUT2D eigenvalue weighted by Crippen LogP contribution is 2.02. The minimum absolute atomic E-state index is 0.0136. The Labute approximate surface area is 101 Å². The van der Waals surface area contributed by atoms with Crippen LogP contribution in [0.1, 0.15) is 12.5 Å². The molecule has 1 aromatic heterocycles. The predicted molar refractivity (Wildman–Crippen MR) is 63.2 cm³/mol. The number of ether oxygens (including phenoxy) is 1. The number of carbonyl (C=O) groups excluding carboxylic acids is 1. The molecule has 1 N–H and O–H groups in total. The molecule has 1 aromatic rings. The lowest BCUT2D eigenvalue weighted by Gasteiger charge is -2.19. The summed E-state index contributed by atoms with van der Waals surface area (Å²) in [5.74, 6) is -0.273. The standard InChI is InChI=1S/C12H18N2O3/c1-2-17-12(16)10-14(6-7-15)9-11-4-3-5-13-8-11/h3-5,8,15H,2,6-7,9-10H2,1H3. The molecule has 0 atom stereocenters. The number of aliphatic hydroxyl groups is 1. The van der Waals surface area contributed by atoms with Crippen LogP contribution in [-0.2, 0) is 16.1 Å². The summed E-state index contributed by atoms with van der Waals surface area (Å²) >= 11 is 0. The number of esters is 1. The van der Waals surface area contributed by atoms with Crippen molar-refractivity contribution in [1.29, 1.82) is 0 Å². The molecule has 0 fully saturated rings. The highest BCUT2D eigenvalue weighted by atomic mass is 16.5. The van der Waals surface area contributed by atoms with E-state index in [-0.39, 0.29) is 19.1 Å². The van der Waals surface area contributed by atoms with E-state index in [9.17, 15) is 4.79 Å². The van der Waals surface area contributed by atoms with Crippen LogP contribution in [0.25, 0.3) is 0 Å². The van der Waals surface area contributed by atoms with Crippen molar-refractivity contribution in [1.82, 2.24) is 9.88 Å². The van der Waals surface area contributed by atoms with Gasteiger partial charge in [-0.2, -0.15) is 0 Å². The highest BCUT2D eigenvalue weighted by Gasteiger charge is 2.11. The number of pyridine rings is 1. The van der Waals surface area contributed by atoms with Crippen LogP contribution < -0.4 is 0 Å². The maximum Gasteiger partial charge on any atom is 0.320 e. The van der Waals surface area contributed by atoms with Crippen molar-refractivity contribution < 1.29 is 14.6 Å². The first-order valence-electron chi connectivity index (χ1n) is 5.64. The molecule has 5 nitrogen and oxygen atoms in total. The second-order valence-electron chi connectivity index (χ2n) is 3.60. The van der Waals surface area contributed by atoms with Gasteiger partial charge in [-0.1, -0.05) is 6.07 Å². The van der Waals surface area contributed by atoms with Gasteiger partial charge < -0.3 is 9.84 Å². The fourth-order valence-corrected chi connectivity index (χ4v) is 1.49. The molecule has 0 unspecified atom stereocenters. The van der Waals surface area contributed by atoms with Crippen molar-refractivity contribution in [2.24, 2.45) is 0 Å². The summed E-state index contributed by atoms with van der Waals surface area (Å²) in [7, 11) is 0. The van der Waals surface area contributed by atoms with Crippen molar-refractivity contribution in [2.75, 3.05) is 26.3 Å². The summed E-state index contributed by atoms with van der Waals surface area (Å²) in [6, 6.07) is 3.78. The first-order chi connectivity index (χ1) is 8.26. The van der Waals surface area contributed by atoms with E-state index >= 15 is 0 Å². The van der Waals surface area contributed by atoms with Gasteiger partial charge in [0.15, 0.2) is 0 Å². The van der Waals surface area contributed by atoms with Crippen LogP contribution in [0.4, 0.5) is 0 Å². The molecule has 0 aliphatic carbocycles. The molecule has 0 aromatic carbocycles. The molecular formula is C12H18N2O3. The molecule has 94 valence electrons. The number of aliphatic hydroxyl groups excluding tert-OH is 1. The van der Waals surface area contributed by atoms with Crippen LogP contribution in [0.15, 0.2) is 24.5 Å². The third-order valence-electron chi connectivity index (χ3n) is 2.20. The second-order valence-corrected chi connectivity index (χ2v) is 3.60. The summed E-state index contributed by atoms with van der Waals surface area (Å²) in [4.78, 5) is 17.2. The van der Waals surface area contributed by atoms with Crippen LogP contribution in [0, 0.1) is 0 Å². The molecule has 0 aliphatic heterocycles. The second kappa shape index (κ2) is 7.76. The van der Waals surface area contributed by atoms with Gasteiger partial charge in [-0.3, -0.25) is 14.7 Å². The Morgan fingerprint density at radius 2 is 2.41 bits per heavy atom. The Hall–Kier alpha value is -1.46. The Bertz CT molecular complexity index is 330. The zero-order valence-electron chi connectivity index (χ0n) is 10.0. The number of rotatable bonds is 7. The summed E-state index contributed by atoms with van der Waals surface area (Å²) in [6.45, 7) is 3.36. The highest BCUT2D eigenvalue weighted by molar-refractivity contribution is 5.71. The van der Waals surface area contributed by atoms with Gasteiger partial charge in [0.05, 0.1) is 19.8 Å². The van der Waals surface area contributed by atoms with Gasteiger partial charge in [0.2, 0.25) is 0 Å². The largest absolute Gasteiger partial charge is 0.465 e. The maximum absolute atomic E-state index is 11.4. The van der Waals surface area contributed by atoms with Crippen molar-refractivity contribution in [3.63, 3.8) is 0 Å². The predicted octanol–water partition coefficient (Wildman–Crippen LogP) is 0.439. The zero-order valence-corrected chi connectivity index (χ0v) is 10.0. The molecular weight excluding hydrogens is 220 g/mol. The molecule has 0 radical (unpaired) electrons.